The number of nitrogens with two attached hydrogens (primary N) is 1. The summed E-state index contributed by atoms with van der Waals surface area (Å²) in [5, 5.41) is 12.5. The van der Waals surface area contributed by atoms with E-state index in [0.717, 1.165) is 9.13 Å². The van der Waals surface area contributed by atoms with Crippen molar-refractivity contribution in [2.24, 2.45) is 19.8 Å². The molecule has 2 aromatic rings. The molecule has 1 atom stereocenters. The van der Waals surface area contributed by atoms with Crippen LogP contribution < -0.4 is 27.0 Å². The summed E-state index contributed by atoms with van der Waals surface area (Å²) in [6.45, 7) is 0. The highest BCUT2D eigenvalue weighted by Crippen LogP contribution is 2.52. The Hall–Kier alpha value is -3.32. The minimum absolute atomic E-state index is 0.132. The Morgan fingerprint density at radius 3 is 2.63 bits per heavy atom. The number of nitriles is 1. The average Bonchev–Trinajstić information content (AvgIpc) is 2.90. The summed E-state index contributed by atoms with van der Waals surface area (Å²) >= 11 is 3.35. The summed E-state index contributed by atoms with van der Waals surface area (Å²) in [6, 6.07) is 6.92. The molecule has 9 nitrogen and oxygen atoms in total. The predicted molar refractivity (Wildman–Crippen MR) is 97.9 cm³/mol. The first-order valence-corrected chi connectivity index (χ1v) is 8.54. The van der Waals surface area contributed by atoms with Crippen molar-refractivity contribution < 1.29 is 9.53 Å². The normalized spacial score (nSPS) is 20.0. The topological polar surface area (TPSA) is 132 Å². The number of amides is 1. The van der Waals surface area contributed by atoms with E-state index in [1.54, 1.807) is 18.2 Å². The Kier molecular flexibility index (Phi) is 3.38. The van der Waals surface area contributed by atoms with E-state index in [1.165, 1.54) is 14.1 Å². The van der Waals surface area contributed by atoms with E-state index in [1.807, 2.05) is 6.07 Å². The van der Waals surface area contributed by atoms with Crippen molar-refractivity contribution in [2.75, 3.05) is 5.32 Å². The molecule has 1 amide bonds. The van der Waals surface area contributed by atoms with Gasteiger partial charge >= 0.3 is 5.69 Å². The maximum Gasteiger partial charge on any atom is 0.333 e. The first-order chi connectivity index (χ1) is 12.7. The van der Waals surface area contributed by atoms with Crippen molar-refractivity contribution in [1.29, 1.82) is 5.26 Å². The minimum Gasteiger partial charge on any atom is -0.423 e. The fourth-order valence-corrected chi connectivity index (χ4v) is 4.00. The van der Waals surface area contributed by atoms with Gasteiger partial charge in [0.25, 0.3) is 5.56 Å². The van der Waals surface area contributed by atoms with Crippen LogP contribution in [0.2, 0.25) is 0 Å². The van der Waals surface area contributed by atoms with E-state index in [0.29, 0.717) is 15.7 Å². The number of hydrogen-bond donors (Lipinski definition) is 2. The lowest BCUT2D eigenvalue weighted by molar-refractivity contribution is -0.118. The van der Waals surface area contributed by atoms with Gasteiger partial charge in [0.05, 0.1) is 0 Å². The third-order valence-corrected chi connectivity index (χ3v) is 5.39. The fraction of sp³-hybridized carbons (Fsp3) is 0.176. The zero-order valence-electron chi connectivity index (χ0n) is 14.2. The number of carbonyl (C=O) groups is 1. The Morgan fingerprint density at radius 1 is 1.26 bits per heavy atom. The number of rotatable bonds is 0. The van der Waals surface area contributed by atoms with E-state index in [-0.39, 0.29) is 22.9 Å². The van der Waals surface area contributed by atoms with Gasteiger partial charge in [0, 0.05) is 29.8 Å². The number of hydrogen-bond acceptors (Lipinski definition) is 6. The van der Waals surface area contributed by atoms with Crippen molar-refractivity contribution in [3.8, 4) is 11.9 Å². The van der Waals surface area contributed by atoms with Crippen LogP contribution in [-0.4, -0.2) is 15.0 Å². The molecule has 27 heavy (non-hydrogen) atoms. The summed E-state index contributed by atoms with van der Waals surface area (Å²) in [4.78, 5) is 38.6. The molecule has 1 spiro atoms. The second-order valence-electron chi connectivity index (χ2n) is 6.23. The number of halogens is 1. The molecular formula is C17H12BrN5O4. The minimum atomic E-state index is -1.81. The smallest absolute Gasteiger partial charge is 0.333 e. The lowest BCUT2D eigenvalue weighted by Crippen LogP contribution is -2.51. The lowest BCUT2D eigenvalue weighted by atomic mass is 9.69. The number of fused-ring (bicyclic) bond motifs is 4. The number of ether oxygens (including phenoxy) is 1. The number of nitrogens with zero attached hydrogens (tertiary/aromatic N) is 3. The predicted octanol–water partition coefficient (Wildman–Crippen LogP) is 0.171. The SMILES string of the molecule is Cn1c2c(c(=O)n(C)c1=O)C1(C(=O)Nc3ccc(Br)cc31)C(C#N)=C(N)O2. The molecule has 2 aliphatic rings. The van der Waals surface area contributed by atoms with Crippen LogP contribution >= 0.6 is 15.9 Å². The second-order valence-corrected chi connectivity index (χ2v) is 7.15. The molecule has 1 unspecified atom stereocenters. The van der Waals surface area contributed by atoms with Crippen molar-refractivity contribution in [3.63, 3.8) is 0 Å². The third-order valence-electron chi connectivity index (χ3n) is 4.90. The molecule has 1 aromatic carbocycles. The van der Waals surface area contributed by atoms with Gasteiger partial charge in [-0.15, -0.1) is 0 Å². The molecule has 0 saturated carbocycles. The van der Waals surface area contributed by atoms with Gasteiger partial charge in [0.2, 0.25) is 17.7 Å². The fourth-order valence-electron chi connectivity index (χ4n) is 3.64. The van der Waals surface area contributed by atoms with Gasteiger partial charge in [-0.3, -0.25) is 18.7 Å². The van der Waals surface area contributed by atoms with E-state index >= 15 is 0 Å². The Morgan fingerprint density at radius 2 is 1.96 bits per heavy atom. The standard InChI is InChI=1S/C17H12BrN5O4/c1-22-13(24)11-14(23(2)16(22)26)27-12(20)9(6-19)17(11)8-5-7(18)3-4-10(8)21-15(17)25/h3-5H,20H2,1-2H3,(H,21,25). The number of aromatic nitrogens is 2. The van der Waals surface area contributed by atoms with Crippen LogP contribution in [0.4, 0.5) is 5.69 Å². The zero-order valence-corrected chi connectivity index (χ0v) is 15.7. The third kappa shape index (κ3) is 1.89. The summed E-state index contributed by atoms with van der Waals surface area (Å²) in [5.41, 5.74) is 3.22. The van der Waals surface area contributed by atoms with E-state index in [9.17, 15) is 19.6 Å². The molecule has 0 aliphatic carbocycles. The van der Waals surface area contributed by atoms with Crippen LogP contribution in [0.15, 0.2) is 43.7 Å². The van der Waals surface area contributed by atoms with Crippen LogP contribution in [0, 0.1) is 11.3 Å². The number of nitrogens with one attached hydrogen (secondary N) is 1. The molecule has 0 saturated heterocycles. The number of anilines is 1. The maximum absolute atomic E-state index is 13.2. The number of carbonyl (C=O) groups excluding carboxylic acids is 1. The number of benzene rings is 1. The first kappa shape index (κ1) is 17.1. The highest BCUT2D eigenvalue weighted by atomic mass is 79.9. The van der Waals surface area contributed by atoms with Crippen LogP contribution in [0.5, 0.6) is 5.88 Å². The van der Waals surface area contributed by atoms with Gasteiger partial charge in [-0.05, 0) is 18.2 Å². The van der Waals surface area contributed by atoms with Gasteiger partial charge in [-0.2, -0.15) is 5.26 Å². The Bertz CT molecular complexity index is 1250. The van der Waals surface area contributed by atoms with E-state index in [2.05, 4.69) is 21.2 Å². The highest BCUT2D eigenvalue weighted by molar-refractivity contribution is 9.10. The van der Waals surface area contributed by atoms with E-state index in [4.69, 9.17) is 10.5 Å². The maximum atomic E-state index is 13.2. The van der Waals surface area contributed by atoms with Gasteiger partial charge < -0.3 is 15.8 Å². The molecule has 3 N–H and O–H groups in total. The van der Waals surface area contributed by atoms with Crippen molar-refractivity contribution in [3.05, 3.63) is 66.1 Å². The van der Waals surface area contributed by atoms with Gasteiger partial charge in [-0.25, -0.2) is 4.79 Å². The van der Waals surface area contributed by atoms with Crippen LogP contribution in [0.25, 0.3) is 0 Å². The Balaban J connectivity index is 2.29. The van der Waals surface area contributed by atoms with Gasteiger partial charge in [0.1, 0.15) is 17.2 Å². The van der Waals surface area contributed by atoms with Crippen molar-refractivity contribution in [2.45, 2.75) is 5.41 Å². The molecule has 10 heteroatoms. The quantitative estimate of drug-likeness (QED) is 0.613. The van der Waals surface area contributed by atoms with Crippen LogP contribution in [0.3, 0.4) is 0 Å². The molecule has 1 aromatic heterocycles. The Labute approximate surface area is 160 Å². The van der Waals surface area contributed by atoms with E-state index < -0.39 is 22.6 Å². The zero-order chi connectivity index (χ0) is 19.7. The monoisotopic (exact) mass is 429 g/mol. The second kappa shape index (κ2) is 5.34. The molecular weight excluding hydrogens is 418 g/mol. The lowest BCUT2D eigenvalue weighted by Gasteiger charge is -2.33. The average molecular weight is 430 g/mol. The van der Waals surface area contributed by atoms with Crippen LogP contribution in [-0.2, 0) is 24.3 Å². The van der Waals surface area contributed by atoms with Crippen molar-refractivity contribution >= 4 is 27.5 Å². The first-order valence-electron chi connectivity index (χ1n) is 7.75. The molecule has 136 valence electrons. The van der Waals surface area contributed by atoms with Crippen LogP contribution in [0.1, 0.15) is 11.1 Å². The summed E-state index contributed by atoms with van der Waals surface area (Å²) in [6.07, 6.45) is 0. The molecule has 4 rings (SSSR count). The van der Waals surface area contributed by atoms with Crippen molar-refractivity contribution in [1.82, 2.24) is 9.13 Å². The molecule has 0 radical (unpaired) electrons. The molecule has 2 aliphatic heterocycles. The van der Waals surface area contributed by atoms with Gasteiger partial charge in [0.15, 0.2) is 5.41 Å². The van der Waals surface area contributed by atoms with Gasteiger partial charge in [-0.1, -0.05) is 15.9 Å². The largest absolute Gasteiger partial charge is 0.423 e. The molecule has 3 heterocycles. The summed E-state index contributed by atoms with van der Waals surface area (Å²) < 4.78 is 8.05. The molecule has 0 bridgehead atoms. The summed E-state index contributed by atoms with van der Waals surface area (Å²) in [5.74, 6) is -1.12. The molecule has 0 fully saturated rings. The highest BCUT2D eigenvalue weighted by Gasteiger charge is 2.59. The summed E-state index contributed by atoms with van der Waals surface area (Å²) in [7, 11) is 2.69.